The molecule has 3 rings (SSSR count). The van der Waals surface area contributed by atoms with Crippen molar-refractivity contribution in [1.29, 1.82) is 0 Å². The molecule has 0 bridgehead atoms. The minimum absolute atomic E-state index is 0.0912. The van der Waals surface area contributed by atoms with Gasteiger partial charge in [0.25, 0.3) is 0 Å². The summed E-state index contributed by atoms with van der Waals surface area (Å²) >= 11 is 12.2. The molecule has 0 spiro atoms. The molecule has 0 fully saturated rings. The van der Waals surface area contributed by atoms with Crippen molar-refractivity contribution in [3.8, 4) is 23.0 Å². The van der Waals surface area contributed by atoms with Crippen LogP contribution in [0.4, 0.5) is 0 Å². The fourth-order valence-electron chi connectivity index (χ4n) is 3.10. The van der Waals surface area contributed by atoms with Crippen LogP contribution in [0.25, 0.3) is 17.5 Å². The van der Waals surface area contributed by atoms with E-state index in [9.17, 15) is 4.79 Å². The van der Waals surface area contributed by atoms with E-state index in [2.05, 4.69) is 10.2 Å². The van der Waals surface area contributed by atoms with Gasteiger partial charge in [-0.25, -0.2) is 0 Å². The number of methoxy groups -OCH3 is 1. The Balaban J connectivity index is 1.76. The van der Waals surface area contributed by atoms with Crippen LogP contribution in [0.15, 0.2) is 46.9 Å². The lowest BCUT2D eigenvalue weighted by Crippen LogP contribution is -2.35. The fourth-order valence-corrected chi connectivity index (χ4v) is 3.52. The second kappa shape index (κ2) is 11.2. The maximum absolute atomic E-state index is 12.9. The summed E-state index contributed by atoms with van der Waals surface area (Å²) in [5.41, 5.74) is 1.46. The predicted octanol–water partition coefficient (Wildman–Crippen LogP) is 5.90. The molecule has 0 radical (unpaired) electrons. The molecule has 7 nitrogen and oxygen atoms in total. The van der Waals surface area contributed by atoms with E-state index in [0.717, 1.165) is 5.56 Å². The number of benzene rings is 2. The molecule has 1 amide bonds. The Morgan fingerprint density at radius 1 is 1.18 bits per heavy atom. The van der Waals surface area contributed by atoms with Crippen LogP contribution in [0, 0.1) is 0 Å². The topological polar surface area (TPSA) is 77.7 Å². The van der Waals surface area contributed by atoms with Crippen molar-refractivity contribution in [2.24, 2.45) is 0 Å². The number of aromatic nitrogens is 2. The summed E-state index contributed by atoms with van der Waals surface area (Å²) in [6, 6.07) is 10.5. The van der Waals surface area contributed by atoms with Gasteiger partial charge in [0.05, 0.1) is 25.3 Å². The minimum atomic E-state index is -0.207. The fraction of sp³-hybridized carbons (Fsp3) is 0.292. The molecule has 9 heteroatoms. The van der Waals surface area contributed by atoms with Gasteiger partial charge in [0.1, 0.15) is 0 Å². The number of hydrogen-bond acceptors (Lipinski definition) is 6. The van der Waals surface area contributed by atoms with E-state index in [1.54, 1.807) is 47.4 Å². The van der Waals surface area contributed by atoms with Crippen LogP contribution in [-0.2, 0) is 11.3 Å². The second-order valence-electron chi connectivity index (χ2n) is 7.37. The van der Waals surface area contributed by atoms with E-state index in [1.807, 2.05) is 20.8 Å². The van der Waals surface area contributed by atoms with Gasteiger partial charge in [-0.15, -0.1) is 10.2 Å². The van der Waals surface area contributed by atoms with Gasteiger partial charge in [-0.3, -0.25) is 4.79 Å². The number of halogens is 2. The third kappa shape index (κ3) is 6.27. The molecule has 0 N–H and O–H groups in total. The maximum Gasteiger partial charge on any atom is 0.247 e. The van der Waals surface area contributed by atoms with Crippen LogP contribution in [-0.4, -0.2) is 40.8 Å². The highest BCUT2D eigenvalue weighted by molar-refractivity contribution is 6.32. The maximum atomic E-state index is 12.9. The van der Waals surface area contributed by atoms with Crippen molar-refractivity contribution in [1.82, 2.24) is 15.1 Å². The number of hydrogen-bond donors (Lipinski definition) is 0. The van der Waals surface area contributed by atoms with Gasteiger partial charge in [0.2, 0.25) is 17.7 Å². The first-order valence-electron chi connectivity index (χ1n) is 10.4. The molecule has 0 atom stereocenters. The summed E-state index contributed by atoms with van der Waals surface area (Å²) in [6.07, 6.45) is 3.16. The average Bonchev–Trinajstić information content (AvgIpc) is 3.25. The van der Waals surface area contributed by atoms with Crippen molar-refractivity contribution in [3.63, 3.8) is 0 Å². The lowest BCUT2D eigenvalue weighted by Gasteiger charge is -2.23. The first-order chi connectivity index (χ1) is 15.8. The van der Waals surface area contributed by atoms with Crippen molar-refractivity contribution in [2.45, 2.75) is 33.4 Å². The highest BCUT2D eigenvalue weighted by Crippen LogP contribution is 2.36. The number of amides is 1. The monoisotopic (exact) mass is 489 g/mol. The van der Waals surface area contributed by atoms with Gasteiger partial charge in [-0.2, -0.15) is 0 Å². The summed E-state index contributed by atoms with van der Waals surface area (Å²) in [6.45, 7) is 6.34. The summed E-state index contributed by atoms with van der Waals surface area (Å²) < 4.78 is 16.6. The van der Waals surface area contributed by atoms with Gasteiger partial charge >= 0.3 is 0 Å². The van der Waals surface area contributed by atoms with Gasteiger partial charge in [0, 0.05) is 22.7 Å². The molecule has 0 aliphatic rings. The van der Waals surface area contributed by atoms with Crippen LogP contribution in [0.3, 0.4) is 0 Å². The highest BCUT2D eigenvalue weighted by atomic mass is 35.5. The molecule has 174 valence electrons. The molecule has 1 heterocycles. The summed E-state index contributed by atoms with van der Waals surface area (Å²) in [7, 11) is 1.53. The number of ether oxygens (including phenoxy) is 2. The molecule has 1 aromatic heterocycles. The quantitative estimate of drug-likeness (QED) is 0.348. The van der Waals surface area contributed by atoms with Gasteiger partial charge in [-0.05, 0) is 68.8 Å². The first kappa shape index (κ1) is 24.6. The number of nitrogens with zero attached hydrogens (tertiary/aromatic N) is 3. The summed E-state index contributed by atoms with van der Waals surface area (Å²) in [5, 5.41) is 9.18. The number of carbonyl (C=O) groups excluding carboxylic acids is 1. The van der Waals surface area contributed by atoms with E-state index in [0.29, 0.717) is 45.5 Å². The molecule has 0 saturated heterocycles. The number of rotatable bonds is 9. The Morgan fingerprint density at radius 2 is 1.91 bits per heavy atom. The summed E-state index contributed by atoms with van der Waals surface area (Å²) in [5.74, 6) is 1.46. The van der Waals surface area contributed by atoms with E-state index in [4.69, 9.17) is 37.1 Å². The minimum Gasteiger partial charge on any atom is -0.491 e. The van der Waals surface area contributed by atoms with Gasteiger partial charge in [0.15, 0.2) is 11.5 Å². The summed E-state index contributed by atoms with van der Waals surface area (Å²) in [4.78, 5) is 14.6. The Labute approximate surface area is 202 Å². The Hall–Kier alpha value is -3.03. The zero-order valence-corrected chi connectivity index (χ0v) is 20.4. The van der Waals surface area contributed by atoms with Gasteiger partial charge in [-0.1, -0.05) is 23.2 Å². The van der Waals surface area contributed by atoms with Crippen molar-refractivity contribution >= 4 is 35.2 Å². The Kier molecular flexibility index (Phi) is 8.36. The van der Waals surface area contributed by atoms with Crippen LogP contribution < -0.4 is 9.47 Å². The molecular weight excluding hydrogens is 465 g/mol. The molecule has 3 aromatic rings. The lowest BCUT2D eigenvalue weighted by molar-refractivity contribution is -0.128. The zero-order valence-electron chi connectivity index (χ0n) is 18.8. The average molecular weight is 490 g/mol. The normalized spacial score (nSPS) is 11.2. The highest BCUT2D eigenvalue weighted by Gasteiger charge is 2.19. The van der Waals surface area contributed by atoms with E-state index < -0.39 is 0 Å². The molecule has 0 aliphatic carbocycles. The van der Waals surface area contributed by atoms with E-state index in [1.165, 1.54) is 13.2 Å². The third-order valence-electron chi connectivity index (χ3n) is 4.72. The first-order valence-corrected chi connectivity index (χ1v) is 11.1. The second-order valence-corrected chi connectivity index (χ2v) is 8.21. The van der Waals surface area contributed by atoms with Gasteiger partial charge < -0.3 is 18.8 Å². The predicted molar refractivity (Wildman–Crippen MR) is 129 cm³/mol. The van der Waals surface area contributed by atoms with Crippen molar-refractivity contribution in [3.05, 3.63) is 64.0 Å². The largest absolute Gasteiger partial charge is 0.491 e. The molecule has 2 aromatic carbocycles. The SMILES string of the molecule is CCOc1cc(/C=C/C(=O)N(Cc2nnc(-c3ccc(Cl)cc3)o2)C(C)C)cc(Cl)c1OC. The molecule has 0 saturated carbocycles. The van der Waals surface area contributed by atoms with Crippen molar-refractivity contribution < 1.29 is 18.7 Å². The standard InChI is InChI=1S/C24H25Cl2N3O4/c1-5-32-20-13-16(12-19(26)23(20)31-4)6-11-22(30)29(15(2)3)14-21-27-28-24(33-21)17-7-9-18(25)10-8-17/h6-13,15H,5,14H2,1-4H3/b11-6+. The third-order valence-corrected chi connectivity index (χ3v) is 5.26. The Morgan fingerprint density at radius 3 is 2.55 bits per heavy atom. The lowest BCUT2D eigenvalue weighted by atomic mass is 10.1. The van der Waals surface area contributed by atoms with Crippen molar-refractivity contribution in [2.75, 3.05) is 13.7 Å². The molecule has 0 aliphatic heterocycles. The van der Waals surface area contributed by atoms with E-state index in [-0.39, 0.29) is 18.5 Å². The molecule has 0 unspecified atom stereocenters. The smallest absolute Gasteiger partial charge is 0.247 e. The number of carbonyl (C=O) groups is 1. The van der Waals surface area contributed by atoms with Crippen LogP contribution in [0.1, 0.15) is 32.2 Å². The van der Waals surface area contributed by atoms with Crippen LogP contribution in [0.2, 0.25) is 10.0 Å². The van der Waals surface area contributed by atoms with Crippen LogP contribution in [0.5, 0.6) is 11.5 Å². The molecular formula is C24H25Cl2N3O4. The molecule has 33 heavy (non-hydrogen) atoms. The van der Waals surface area contributed by atoms with E-state index >= 15 is 0 Å². The Bertz CT molecular complexity index is 1130. The van der Waals surface area contributed by atoms with Crippen LogP contribution >= 0.6 is 23.2 Å². The zero-order chi connectivity index (χ0) is 24.0.